The minimum atomic E-state index is -0.156. The van der Waals surface area contributed by atoms with Gasteiger partial charge in [-0.05, 0) is 84.6 Å². The van der Waals surface area contributed by atoms with Crippen molar-refractivity contribution < 1.29 is 33.2 Å². The Balaban J connectivity index is 0.894. The fourth-order valence-corrected chi connectivity index (χ4v) is 5.93. The summed E-state index contributed by atoms with van der Waals surface area (Å²) in [7, 11) is 0. The summed E-state index contributed by atoms with van der Waals surface area (Å²) in [5.41, 5.74) is 4.60. The van der Waals surface area contributed by atoms with Gasteiger partial charge >= 0.3 is 0 Å². The maximum atomic E-state index is 6.21. The zero-order chi connectivity index (χ0) is 35.1. The Hall–Kier alpha value is -4.04. The number of hydrogen-bond acceptors (Lipinski definition) is 7. The maximum Gasteiger partial charge on any atom is 0.119 e. The van der Waals surface area contributed by atoms with Crippen LogP contribution in [0.2, 0.25) is 0 Å². The molecule has 2 aliphatic heterocycles. The average molecular weight is 681 g/mol. The van der Waals surface area contributed by atoms with Gasteiger partial charge in [0, 0.05) is 17.3 Å². The van der Waals surface area contributed by atoms with E-state index in [0.29, 0.717) is 26.4 Å². The second-order valence-electron chi connectivity index (χ2n) is 14.6. The molecule has 0 N–H and O–H groups in total. The molecule has 4 aromatic carbocycles. The topological polar surface area (TPSA) is 71.2 Å². The summed E-state index contributed by atoms with van der Waals surface area (Å²) in [4.78, 5) is 0. The molecule has 0 amide bonds. The highest BCUT2D eigenvalue weighted by atomic mass is 16.6. The molecule has 4 aromatic rings. The van der Waals surface area contributed by atoms with Gasteiger partial charge in [0.25, 0.3) is 0 Å². The third-order valence-corrected chi connectivity index (χ3v) is 9.68. The van der Waals surface area contributed by atoms with Crippen LogP contribution in [0.4, 0.5) is 0 Å². The number of rotatable bonds is 19. The van der Waals surface area contributed by atoms with Crippen LogP contribution < -0.4 is 18.9 Å². The molecule has 0 aliphatic carbocycles. The van der Waals surface area contributed by atoms with Crippen LogP contribution in [0.1, 0.15) is 70.2 Å². The molecule has 7 heteroatoms. The third kappa shape index (κ3) is 9.81. The van der Waals surface area contributed by atoms with Gasteiger partial charge < -0.3 is 33.2 Å². The predicted octanol–water partition coefficient (Wildman–Crippen LogP) is 8.54. The molecule has 2 aliphatic rings. The summed E-state index contributed by atoms with van der Waals surface area (Å²) in [6, 6.07) is 33.5. The minimum absolute atomic E-state index is 0.0237. The van der Waals surface area contributed by atoms with Crippen molar-refractivity contribution in [3.63, 3.8) is 0 Å². The summed E-state index contributed by atoms with van der Waals surface area (Å²) >= 11 is 0. The molecule has 0 spiro atoms. The molecule has 2 heterocycles. The highest BCUT2D eigenvalue weighted by Crippen LogP contribution is 2.35. The van der Waals surface area contributed by atoms with Crippen LogP contribution in [0.5, 0.6) is 23.0 Å². The molecule has 2 fully saturated rings. The molecule has 6 rings (SSSR count). The molecule has 0 bridgehead atoms. The van der Waals surface area contributed by atoms with Crippen molar-refractivity contribution in [3.8, 4) is 23.0 Å². The van der Waals surface area contributed by atoms with Gasteiger partial charge in [-0.3, -0.25) is 0 Å². The van der Waals surface area contributed by atoms with Crippen molar-refractivity contribution in [3.05, 3.63) is 119 Å². The molecule has 0 saturated carbocycles. The van der Waals surface area contributed by atoms with Crippen LogP contribution in [-0.4, -0.2) is 64.1 Å². The van der Waals surface area contributed by atoms with E-state index in [-0.39, 0.29) is 35.2 Å². The molecule has 0 aromatic heterocycles. The Morgan fingerprint density at radius 1 is 0.540 bits per heavy atom. The molecule has 4 unspecified atom stereocenters. The van der Waals surface area contributed by atoms with E-state index in [4.69, 9.17) is 33.2 Å². The third-order valence-electron chi connectivity index (χ3n) is 9.68. The molecule has 0 radical (unpaired) electrons. The summed E-state index contributed by atoms with van der Waals surface area (Å²) < 4.78 is 40.4. The standard InChI is InChI=1S/C43H52O7/c1-30(49-38-19-11-34(12-20-38)42(3,4)32-7-15-36(16-8-32)45-26-40-28-47-40)23-24-44-25-31(2)50-39-21-13-35(14-22-39)43(5,6)33-9-17-37(18-10-33)46-27-41-29-48-41/h7-22,30-31,40-41H,23-29H2,1-6H3. The summed E-state index contributed by atoms with van der Waals surface area (Å²) in [5, 5.41) is 0. The zero-order valence-corrected chi connectivity index (χ0v) is 30.4. The molecule has 7 nitrogen and oxygen atoms in total. The van der Waals surface area contributed by atoms with E-state index < -0.39 is 0 Å². The van der Waals surface area contributed by atoms with Crippen LogP contribution in [-0.2, 0) is 25.0 Å². The van der Waals surface area contributed by atoms with Gasteiger partial charge in [0.2, 0.25) is 0 Å². The highest BCUT2D eigenvalue weighted by molar-refractivity contribution is 5.43. The van der Waals surface area contributed by atoms with Crippen molar-refractivity contribution in [1.82, 2.24) is 0 Å². The molecule has 4 atom stereocenters. The molecular weight excluding hydrogens is 628 g/mol. The summed E-state index contributed by atoms with van der Waals surface area (Å²) in [6.07, 6.45) is 1.24. The Morgan fingerprint density at radius 3 is 1.24 bits per heavy atom. The average Bonchev–Trinajstić information content (AvgIpc) is 4.06. The monoisotopic (exact) mass is 680 g/mol. The van der Waals surface area contributed by atoms with Crippen molar-refractivity contribution in [2.45, 2.75) is 83.2 Å². The lowest BCUT2D eigenvalue weighted by molar-refractivity contribution is 0.0441. The van der Waals surface area contributed by atoms with Gasteiger partial charge in [-0.1, -0.05) is 76.2 Å². The number of ether oxygens (including phenoxy) is 7. The number of hydrogen-bond donors (Lipinski definition) is 0. The lowest BCUT2D eigenvalue weighted by Crippen LogP contribution is -2.22. The van der Waals surface area contributed by atoms with Gasteiger partial charge in [0.1, 0.15) is 54.5 Å². The van der Waals surface area contributed by atoms with Crippen LogP contribution in [0, 0.1) is 0 Å². The first-order valence-electron chi connectivity index (χ1n) is 17.9. The van der Waals surface area contributed by atoms with E-state index in [1.54, 1.807) is 0 Å². The second kappa shape index (κ2) is 15.9. The first-order chi connectivity index (χ1) is 24.1. The van der Waals surface area contributed by atoms with E-state index in [2.05, 4.69) is 95.3 Å². The van der Waals surface area contributed by atoms with Gasteiger partial charge in [-0.15, -0.1) is 0 Å². The molecule has 2 saturated heterocycles. The fraction of sp³-hybridized carbons (Fsp3) is 0.442. The van der Waals surface area contributed by atoms with Crippen molar-refractivity contribution in [2.75, 3.05) is 39.6 Å². The van der Waals surface area contributed by atoms with Gasteiger partial charge in [-0.2, -0.15) is 0 Å². The molecule has 50 heavy (non-hydrogen) atoms. The Morgan fingerprint density at radius 2 is 0.880 bits per heavy atom. The van der Waals surface area contributed by atoms with E-state index in [1.165, 1.54) is 22.3 Å². The lowest BCUT2D eigenvalue weighted by atomic mass is 9.78. The van der Waals surface area contributed by atoms with E-state index >= 15 is 0 Å². The largest absolute Gasteiger partial charge is 0.491 e. The van der Waals surface area contributed by atoms with Crippen LogP contribution >= 0.6 is 0 Å². The Labute approximate surface area is 297 Å². The quantitative estimate of drug-likeness (QED) is 0.0726. The van der Waals surface area contributed by atoms with Crippen LogP contribution in [0.3, 0.4) is 0 Å². The highest BCUT2D eigenvalue weighted by Gasteiger charge is 2.26. The van der Waals surface area contributed by atoms with Crippen LogP contribution in [0.15, 0.2) is 97.1 Å². The van der Waals surface area contributed by atoms with Crippen LogP contribution in [0.25, 0.3) is 0 Å². The van der Waals surface area contributed by atoms with Gasteiger partial charge in [-0.25, -0.2) is 0 Å². The van der Waals surface area contributed by atoms with Crippen molar-refractivity contribution in [1.29, 1.82) is 0 Å². The van der Waals surface area contributed by atoms with E-state index in [9.17, 15) is 0 Å². The summed E-state index contributed by atoms with van der Waals surface area (Å²) in [5.74, 6) is 3.44. The lowest BCUT2D eigenvalue weighted by Gasteiger charge is -2.27. The normalized spacial score (nSPS) is 18.2. The molecule has 266 valence electrons. The maximum absolute atomic E-state index is 6.21. The zero-order valence-electron chi connectivity index (χ0n) is 30.4. The first-order valence-corrected chi connectivity index (χ1v) is 17.9. The minimum Gasteiger partial charge on any atom is -0.491 e. The van der Waals surface area contributed by atoms with E-state index in [1.807, 2.05) is 43.3 Å². The first kappa shape index (κ1) is 35.8. The van der Waals surface area contributed by atoms with Crippen molar-refractivity contribution in [2.24, 2.45) is 0 Å². The number of benzene rings is 4. The predicted molar refractivity (Wildman–Crippen MR) is 196 cm³/mol. The van der Waals surface area contributed by atoms with E-state index in [0.717, 1.165) is 42.6 Å². The fourth-order valence-electron chi connectivity index (χ4n) is 5.93. The summed E-state index contributed by atoms with van der Waals surface area (Å²) in [6.45, 7) is 17.0. The smallest absolute Gasteiger partial charge is 0.119 e. The molecular formula is C43H52O7. The Bertz CT molecular complexity index is 1500. The van der Waals surface area contributed by atoms with Crippen molar-refractivity contribution >= 4 is 0 Å². The Kier molecular flexibility index (Phi) is 11.4. The van der Waals surface area contributed by atoms with Gasteiger partial charge in [0.05, 0.1) is 32.5 Å². The number of epoxide rings is 2. The SMILES string of the molecule is CC(CCOCC(C)Oc1ccc(C(C)(C)c2ccc(OCC3CO3)cc2)cc1)Oc1ccc(C(C)(C)c2ccc(OCC3CO3)cc2)cc1. The van der Waals surface area contributed by atoms with Gasteiger partial charge in [0.15, 0.2) is 0 Å². The second-order valence-corrected chi connectivity index (χ2v) is 14.6.